The molecule has 5 atom stereocenters. The number of amides is 2. The van der Waals surface area contributed by atoms with E-state index in [-0.39, 0.29) is 37.3 Å². The molecule has 0 aromatic carbocycles. The van der Waals surface area contributed by atoms with Crippen LogP contribution >= 0.6 is 0 Å². The van der Waals surface area contributed by atoms with Crippen molar-refractivity contribution in [3.63, 3.8) is 0 Å². The van der Waals surface area contributed by atoms with Gasteiger partial charge >= 0.3 is 5.97 Å². The highest BCUT2D eigenvalue weighted by molar-refractivity contribution is 5.82. The number of nitrogens with zero attached hydrogens (tertiary/aromatic N) is 13. The van der Waals surface area contributed by atoms with Crippen LogP contribution in [0.2, 0.25) is 0 Å². The van der Waals surface area contributed by atoms with E-state index in [4.69, 9.17) is 58.5 Å². The van der Waals surface area contributed by atoms with Gasteiger partial charge in [-0.15, -0.1) is 16.6 Å². The molecular formula is C43H72N18O8. The Hall–Kier alpha value is -5.66. The van der Waals surface area contributed by atoms with Crippen molar-refractivity contribution >= 4 is 35.6 Å². The van der Waals surface area contributed by atoms with E-state index in [1.807, 2.05) is 9.80 Å². The molecule has 0 bridgehead atoms. The molecule has 11 N–H and O–H groups in total. The number of carboxylic acids is 1. The molecule has 5 heterocycles. The number of nitrogens with two attached hydrogens (primary N) is 4. The minimum atomic E-state index is -1.06. The highest BCUT2D eigenvalue weighted by Crippen LogP contribution is 2.25. The molecule has 0 saturated carbocycles. The Labute approximate surface area is 402 Å². The zero-order valence-electron chi connectivity index (χ0n) is 39.8. The fourth-order valence-corrected chi connectivity index (χ4v) is 7.86. The molecule has 3 aromatic rings. The summed E-state index contributed by atoms with van der Waals surface area (Å²) in [5.74, 6) is 1.89. The maximum atomic E-state index is 14.1. The van der Waals surface area contributed by atoms with Gasteiger partial charge in [-0.2, -0.15) is 15.0 Å². The van der Waals surface area contributed by atoms with E-state index in [1.54, 1.807) is 29.1 Å². The van der Waals surface area contributed by atoms with Crippen LogP contribution in [-0.4, -0.2) is 200 Å². The smallest absolute Gasteiger partial charge is 0.303 e. The van der Waals surface area contributed by atoms with E-state index in [1.165, 1.54) is 9.36 Å². The summed E-state index contributed by atoms with van der Waals surface area (Å²) in [6.45, 7) is 7.91. The molecule has 2 saturated heterocycles. The number of ether oxygens (including phenoxy) is 3. The lowest BCUT2D eigenvalue weighted by Crippen LogP contribution is -2.53. The first-order valence-corrected chi connectivity index (χ1v) is 23.8. The highest BCUT2D eigenvalue weighted by Gasteiger charge is 2.35. The summed E-state index contributed by atoms with van der Waals surface area (Å²) in [7, 11) is 0. The molecule has 26 heteroatoms. The third-order valence-electron chi connectivity index (χ3n) is 11.8. The number of anilines is 3. The van der Waals surface area contributed by atoms with Gasteiger partial charge in [-0.25, -0.2) is 9.36 Å². The van der Waals surface area contributed by atoms with Crippen molar-refractivity contribution in [2.45, 2.75) is 88.6 Å². The molecule has 0 radical (unpaired) electrons. The van der Waals surface area contributed by atoms with Crippen LogP contribution < -0.4 is 38.1 Å². The number of carboxylic acid groups (broad SMARTS) is 1. The summed E-state index contributed by atoms with van der Waals surface area (Å²) < 4.78 is 19.3. The number of hydrogen-bond donors (Lipinski definition) is 7. The van der Waals surface area contributed by atoms with Gasteiger partial charge < -0.3 is 72.3 Å². The monoisotopic (exact) mass is 969 g/mol. The van der Waals surface area contributed by atoms with Crippen molar-refractivity contribution in [2.24, 2.45) is 22.9 Å². The summed E-state index contributed by atoms with van der Waals surface area (Å²) >= 11 is 0. The zero-order chi connectivity index (χ0) is 49.5. The largest absolute Gasteiger partial charge is 0.481 e. The molecule has 2 aliphatic heterocycles. The van der Waals surface area contributed by atoms with Crippen LogP contribution in [0.1, 0.15) is 93.8 Å². The third kappa shape index (κ3) is 16.8. The number of aromatic nitrogens is 9. The summed E-state index contributed by atoms with van der Waals surface area (Å²) in [6, 6.07) is -2.66. The molecule has 69 heavy (non-hydrogen) atoms. The second kappa shape index (κ2) is 28.7. The summed E-state index contributed by atoms with van der Waals surface area (Å²) in [5, 5.41) is 40.4. The van der Waals surface area contributed by atoms with E-state index in [0.29, 0.717) is 147 Å². The van der Waals surface area contributed by atoms with Crippen molar-refractivity contribution in [1.82, 2.24) is 54.7 Å². The number of aliphatic hydroxyl groups is 1. The molecular weight excluding hydrogens is 897 g/mol. The molecule has 3 aromatic heterocycles. The van der Waals surface area contributed by atoms with Crippen LogP contribution in [0, 0.1) is 12.3 Å². The number of nitrogens with one attached hydrogen (secondary N) is 1. The average Bonchev–Trinajstić information content (AvgIpc) is 4.05. The van der Waals surface area contributed by atoms with E-state index in [2.05, 4.69) is 31.9 Å². The summed E-state index contributed by atoms with van der Waals surface area (Å²) in [6.07, 6.45) is 11.8. The average molecular weight is 969 g/mol. The van der Waals surface area contributed by atoms with Gasteiger partial charge in [0.2, 0.25) is 29.7 Å². The Morgan fingerprint density at radius 1 is 0.725 bits per heavy atom. The van der Waals surface area contributed by atoms with E-state index < -0.39 is 30.2 Å². The predicted molar refractivity (Wildman–Crippen MR) is 254 cm³/mol. The molecule has 2 fully saturated rings. The van der Waals surface area contributed by atoms with Gasteiger partial charge in [-0.1, -0.05) is 29.2 Å². The van der Waals surface area contributed by atoms with Crippen molar-refractivity contribution < 1.29 is 38.8 Å². The van der Waals surface area contributed by atoms with Crippen molar-refractivity contribution in [3.8, 4) is 12.3 Å². The maximum Gasteiger partial charge on any atom is 0.303 e. The summed E-state index contributed by atoms with van der Waals surface area (Å²) in [5.41, 5.74) is 25.0. The minimum absolute atomic E-state index is 0.0227. The number of aliphatic hydroxyl groups excluding tert-OH is 1. The Balaban J connectivity index is 1.25. The number of terminal acetylenes is 1. The zero-order valence-corrected chi connectivity index (χ0v) is 39.8. The number of piperazine rings is 2. The number of carbonyl (C=O) groups excluding carboxylic acids is 2. The van der Waals surface area contributed by atoms with Gasteiger partial charge in [-0.3, -0.25) is 14.4 Å². The van der Waals surface area contributed by atoms with Gasteiger partial charge in [0, 0.05) is 65.3 Å². The van der Waals surface area contributed by atoms with Crippen LogP contribution in [-0.2, 0) is 28.6 Å². The number of carbonyl (C=O) groups is 3. The number of aliphatic carboxylic acids is 1. The Morgan fingerprint density at radius 3 is 1.75 bits per heavy atom. The molecule has 2 amide bonds. The second-order valence-corrected chi connectivity index (χ2v) is 17.0. The Kier molecular flexibility index (Phi) is 22.6. The predicted octanol–water partition coefficient (Wildman–Crippen LogP) is -1.57. The lowest BCUT2D eigenvalue weighted by Gasteiger charge is -2.38. The first-order valence-electron chi connectivity index (χ1n) is 23.8. The molecule has 1 unspecified atom stereocenters. The first-order chi connectivity index (χ1) is 33.4. The Bertz CT molecular complexity index is 2050. The SMILES string of the molecule is C#CCOCCOCCOCCNc1nc(N2CCN(C(=O)C([C@@H](C)O)n3cc([C@@H](N)CCCCN)nn3)CC2)nc(N2CCN(C(=O)[C@H](CCC(=O)O)n3cc([C@@H](N)CCCCN)nn3)CC2)n1. The van der Waals surface area contributed by atoms with Crippen LogP contribution in [0.5, 0.6) is 0 Å². The van der Waals surface area contributed by atoms with Gasteiger partial charge in [0.1, 0.15) is 12.6 Å². The van der Waals surface area contributed by atoms with Gasteiger partial charge in [0.15, 0.2) is 6.04 Å². The quantitative estimate of drug-likeness (QED) is 0.0283. The van der Waals surface area contributed by atoms with Crippen LogP contribution in [0.3, 0.4) is 0 Å². The van der Waals surface area contributed by atoms with Crippen LogP contribution in [0.25, 0.3) is 0 Å². The molecule has 5 rings (SSSR count). The Morgan fingerprint density at radius 2 is 1.23 bits per heavy atom. The minimum Gasteiger partial charge on any atom is -0.481 e. The summed E-state index contributed by atoms with van der Waals surface area (Å²) in [4.78, 5) is 61.4. The van der Waals surface area contributed by atoms with Gasteiger partial charge in [-0.05, 0) is 52.1 Å². The van der Waals surface area contributed by atoms with Gasteiger partial charge in [0.25, 0.3) is 0 Å². The highest BCUT2D eigenvalue weighted by atomic mass is 16.5. The topological polar surface area (TPSA) is 349 Å². The third-order valence-corrected chi connectivity index (χ3v) is 11.8. The molecule has 26 nitrogen and oxygen atoms in total. The molecule has 0 aliphatic carbocycles. The standard InChI is InChI=1S/C43H72N18O8/c1-3-23-67-25-27-69-28-26-68-24-14-48-41-49-42(58-19-15-56(16-20-58)39(65)36(10-11-37(63)64)60-29-34(52-54-60)32(46)8-4-6-12-44)51-43(50-41)59-21-17-57(18-22-59)40(66)38(31(2)62)61-30-35(53-55-61)33(47)9-5-7-13-45/h1,29-33,36,38,62H,4-28,44-47H2,2H3,(H,63,64)(H,48,49,50,51)/t31-,32+,33+,36+,38?/m1/s1. The number of hydrogen-bond acceptors (Lipinski definition) is 21. The van der Waals surface area contributed by atoms with E-state index in [0.717, 1.165) is 25.7 Å². The van der Waals surface area contributed by atoms with Crippen molar-refractivity contribution in [1.29, 1.82) is 0 Å². The molecule has 382 valence electrons. The van der Waals surface area contributed by atoms with Crippen LogP contribution in [0.4, 0.5) is 17.8 Å². The lowest BCUT2D eigenvalue weighted by atomic mass is 10.1. The fraction of sp³-hybridized carbons (Fsp3) is 0.721. The molecule has 2 aliphatic rings. The maximum absolute atomic E-state index is 14.1. The van der Waals surface area contributed by atoms with Crippen molar-refractivity contribution in [3.05, 3.63) is 23.8 Å². The lowest BCUT2D eigenvalue weighted by molar-refractivity contribution is -0.140. The molecule has 0 spiro atoms. The van der Waals surface area contributed by atoms with Crippen molar-refractivity contribution in [2.75, 3.05) is 127 Å². The second-order valence-electron chi connectivity index (χ2n) is 17.0. The van der Waals surface area contributed by atoms with Crippen LogP contribution in [0.15, 0.2) is 12.4 Å². The van der Waals surface area contributed by atoms with Gasteiger partial charge in [0.05, 0.1) is 75.0 Å². The number of unbranched alkanes of at least 4 members (excludes halogenated alkanes) is 2. The fourth-order valence-electron chi connectivity index (χ4n) is 7.86. The first kappa shape index (κ1) is 54.3. The van der Waals surface area contributed by atoms with E-state index >= 15 is 0 Å². The normalized spacial score (nSPS) is 16.5. The van der Waals surface area contributed by atoms with E-state index in [9.17, 15) is 24.6 Å². The number of rotatable bonds is 31.